The monoisotopic (exact) mass is 421 g/mol. The van der Waals surface area contributed by atoms with E-state index < -0.39 is 0 Å². The van der Waals surface area contributed by atoms with E-state index in [-0.39, 0.29) is 5.91 Å². The Labute approximate surface area is 162 Å². The van der Waals surface area contributed by atoms with Crippen molar-refractivity contribution in [2.75, 3.05) is 38.0 Å². The molecule has 0 spiro atoms. The fraction of sp³-hybridized carbons (Fsp3) is 0.421. The van der Waals surface area contributed by atoms with E-state index in [0.29, 0.717) is 6.54 Å². The van der Waals surface area contributed by atoms with Gasteiger partial charge in [-0.3, -0.25) is 14.6 Å². The zero-order valence-corrected chi connectivity index (χ0v) is 17.1. The van der Waals surface area contributed by atoms with Crippen molar-refractivity contribution in [2.24, 2.45) is 0 Å². The molecule has 6 heteroatoms. The van der Waals surface area contributed by atoms with Gasteiger partial charge in [0.2, 0.25) is 5.91 Å². The van der Waals surface area contributed by atoms with Crippen LogP contribution in [0.25, 0.3) is 0 Å². The Hall–Kier alpha value is -1.21. The number of amides is 1. The maximum Gasteiger partial charge on any atom is 0.238 e. The van der Waals surface area contributed by atoms with Crippen LogP contribution in [-0.2, 0) is 11.3 Å². The van der Waals surface area contributed by atoms with Crippen molar-refractivity contribution in [3.8, 4) is 0 Å². The predicted octanol–water partition coefficient (Wildman–Crippen LogP) is 3.88. The normalized spacial score (nSPS) is 16.1. The zero-order chi connectivity index (χ0) is 17.8. The van der Waals surface area contributed by atoms with Gasteiger partial charge in [-0.2, -0.15) is 0 Å². The van der Waals surface area contributed by atoms with Crippen molar-refractivity contribution in [3.63, 3.8) is 0 Å². The molecule has 0 radical (unpaired) electrons. The highest BCUT2D eigenvalue weighted by Gasteiger charge is 2.19. The molecule has 4 nitrogen and oxygen atoms in total. The molecule has 1 aromatic carbocycles. The molecule has 25 heavy (non-hydrogen) atoms. The van der Waals surface area contributed by atoms with E-state index in [9.17, 15) is 4.79 Å². The van der Waals surface area contributed by atoms with Gasteiger partial charge in [-0.1, -0.05) is 17.7 Å². The Morgan fingerprint density at radius 3 is 2.48 bits per heavy atom. The van der Waals surface area contributed by atoms with Crippen molar-refractivity contribution < 1.29 is 4.79 Å². The van der Waals surface area contributed by atoms with E-state index in [1.807, 2.05) is 19.1 Å². The summed E-state index contributed by atoms with van der Waals surface area (Å²) in [6.45, 7) is 9.44. The standard InChI is InChI=1S/C19H24BrN3OS/c1-14-3-5-17(15(2)11-14)21-19(24)13-23-9-7-22(8-10-23)12-16-4-6-18(20)25-16/h3-6,11H,7-10,12-13H2,1-2H3,(H,21,24). The Kier molecular flexibility index (Phi) is 6.28. The molecule has 0 atom stereocenters. The number of benzene rings is 1. The first-order valence-electron chi connectivity index (χ1n) is 8.55. The molecule has 2 heterocycles. The predicted molar refractivity (Wildman–Crippen MR) is 108 cm³/mol. The zero-order valence-electron chi connectivity index (χ0n) is 14.7. The molecule has 1 aromatic heterocycles. The molecule has 134 valence electrons. The summed E-state index contributed by atoms with van der Waals surface area (Å²) in [5, 5.41) is 3.04. The van der Waals surface area contributed by atoms with Gasteiger partial charge in [-0.25, -0.2) is 0 Å². The summed E-state index contributed by atoms with van der Waals surface area (Å²) >= 11 is 5.31. The van der Waals surface area contributed by atoms with Gasteiger partial charge >= 0.3 is 0 Å². The Morgan fingerprint density at radius 1 is 1.12 bits per heavy atom. The van der Waals surface area contributed by atoms with Gasteiger partial charge in [0, 0.05) is 43.3 Å². The van der Waals surface area contributed by atoms with Crippen molar-refractivity contribution in [2.45, 2.75) is 20.4 Å². The number of carbonyl (C=O) groups is 1. The van der Waals surface area contributed by atoms with Crippen LogP contribution >= 0.6 is 27.3 Å². The maximum absolute atomic E-state index is 12.3. The number of piperazine rings is 1. The summed E-state index contributed by atoms with van der Waals surface area (Å²) in [5.74, 6) is 0.0718. The van der Waals surface area contributed by atoms with Crippen LogP contribution in [0.1, 0.15) is 16.0 Å². The lowest BCUT2D eigenvalue weighted by Gasteiger charge is -2.34. The summed E-state index contributed by atoms with van der Waals surface area (Å²) in [5.41, 5.74) is 3.24. The first-order valence-corrected chi connectivity index (χ1v) is 10.2. The molecule has 1 fully saturated rings. The highest BCUT2D eigenvalue weighted by atomic mass is 79.9. The lowest BCUT2D eigenvalue weighted by molar-refractivity contribution is -0.117. The number of thiophene rings is 1. The van der Waals surface area contributed by atoms with Gasteiger partial charge < -0.3 is 5.32 Å². The average Bonchev–Trinajstić information content (AvgIpc) is 2.97. The summed E-state index contributed by atoms with van der Waals surface area (Å²) in [7, 11) is 0. The second-order valence-corrected chi connectivity index (χ2v) is 9.17. The summed E-state index contributed by atoms with van der Waals surface area (Å²) < 4.78 is 1.18. The van der Waals surface area contributed by atoms with E-state index in [0.717, 1.165) is 44.0 Å². The van der Waals surface area contributed by atoms with E-state index in [4.69, 9.17) is 0 Å². The van der Waals surface area contributed by atoms with E-state index in [1.54, 1.807) is 11.3 Å². The average molecular weight is 422 g/mol. The molecule has 0 aliphatic carbocycles. The molecule has 1 amide bonds. The van der Waals surface area contributed by atoms with Gasteiger partial charge in [0.15, 0.2) is 0 Å². The van der Waals surface area contributed by atoms with Crippen LogP contribution in [0, 0.1) is 13.8 Å². The first-order chi connectivity index (χ1) is 12.0. The molecule has 3 rings (SSSR count). The molecule has 1 aliphatic rings. The Morgan fingerprint density at radius 2 is 1.84 bits per heavy atom. The van der Waals surface area contributed by atoms with Crippen molar-refractivity contribution in [1.82, 2.24) is 9.80 Å². The number of hydrogen-bond donors (Lipinski definition) is 1. The minimum atomic E-state index is 0.0718. The van der Waals surface area contributed by atoms with Gasteiger partial charge in [-0.05, 0) is 53.5 Å². The van der Waals surface area contributed by atoms with Gasteiger partial charge in [-0.15, -0.1) is 11.3 Å². The van der Waals surface area contributed by atoms with E-state index >= 15 is 0 Å². The Balaban J connectivity index is 1.44. The smallest absolute Gasteiger partial charge is 0.238 e. The molecular formula is C19H24BrN3OS. The molecule has 0 bridgehead atoms. The van der Waals surface area contributed by atoms with E-state index in [2.05, 4.69) is 56.2 Å². The minimum absolute atomic E-state index is 0.0718. The molecule has 1 saturated heterocycles. The molecule has 1 aliphatic heterocycles. The summed E-state index contributed by atoms with van der Waals surface area (Å²) in [6, 6.07) is 10.4. The third-order valence-electron chi connectivity index (χ3n) is 4.50. The van der Waals surface area contributed by atoms with Gasteiger partial charge in [0.1, 0.15) is 0 Å². The number of nitrogens with zero attached hydrogens (tertiary/aromatic N) is 2. The number of anilines is 1. The topological polar surface area (TPSA) is 35.6 Å². The van der Waals surface area contributed by atoms with Crippen LogP contribution in [0.5, 0.6) is 0 Å². The Bertz CT molecular complexity index is 738. The molecule has 1 N–H and O–H groups in total. The number of aryl methyl sites for hydroxylation is 2. The highest BCUT2D eigenvalue weighted by Crippen LogP contribution is 2.23. The van der Waals surface area contributed by atoms with Crippen LogP contribution < -0.4 is 5.32 Å². The van der Waals surface area contributed by atoms with Crippen LogP contribution in [0.2, 0.25) is 0 Å². The van der Waals surface area contributed by atoms with Crippen LogP contribution in [0.4, 0.5) is 5.69 Å². The number of nitrogens with one attached hydrogen (secondary N) is 1. The van der Waals surface area contributed by atoms with Crippen molar-refractivity contribution >= 4 is 38.9 Å². The number of carbonyl (C=O) groups excluding carboxylic acids is 1. The quantitative estimate of drug-likeness (QED) is 0.795. The molecule has 0 unspecified atom stereocenters. The third-order valence-corrected chi connectivity index (χ3v) is 6.10. The van der Waals surface area contributed by atoms with Crippen molar-refractivity contribution in [3.05, 3.63) is 50.1 Å². The maximum atomic E-state index is 12.3. The van der Waals surface area contributed by atoms with Crippen LogP contribution in [0.3, 0.4) is 0 Å². The summed E-state index contributed by atoms with van der Waals surface area (Å²) in [6.07, 6.45) is 0. The first kappa shape index (κ1) is 18.6. The number of rotatable bonds is 5. The molecular weight excluding hydrogens is 398 g/mol. The fourth-order valence-corrected chi connectivity index (χ4v) is 4.63. The van der Waals surface area contributed by atoms with Crippen molar-refractivity contribution in [1.29, 1.82) is 0 Å². The second kappa shape index (κ2) is 8.45. The third kappa shape index (κ3) is 5.38. The molecule has 0 saturated carbocycles. The van der Waals surface area contributed by atoms with Gasteiger partial charge in [0.05, 0.1) is 10.3 Å². The summed E-state index contributed by atoms with van der Waals surface area (Å²) in [4.78, 5) is 18.4. The number of halogens is 1. The van der Waals surface area contributed by atoms with Crippen LogP contribution in [-0.4, -0.2) is 48.4 Å². The lowest BCUT2D eigenvalue weighted by atomic mass is 10.1. The van der Waals surface area contributed by atoms with Crippen LogP contribution in [0.15, 0.2) is 34.1 Å². The number of hydrogen-bond acceptors (Lipinski definition) is 4. The largest absolute Gasteiger partial charge is 0.325 e. The highest BCUT2D eigenvalue weighted by molar-refractivity contribution is 9.11. The lowest BCUT2D eigenvalue weighted by Crippen LogP contribution is -2.48. The second-order valence-electron chi connectivity index (χ2n) is 6.62. The van der Waals surface area contributed by atoms with Gasteiger partial charge in [0.25, 0.3) is 0 Å². The van der Waals surface area contributed by atoms with E-state index in [1.165, 1.54) is 14.2 Å². The molecule has 2 aromatic rings. The SMILES string of the molecule is Cc1ccc(NC(=O)CN2CCN(Cc3ccc(Br)s3)CC2)c(C)c1. The fourth-order valence-electron chi connectivity index (χ4n) is 3.11. The minimum Gasteiger partial charge on any atom is -0.325 e.